The maximum atomic E-state index is 12.8. The van der Waals surface area contributed by atoms with E-state index in [1.54, 1.807) is 13.8 Å². The number of carbonyl (C=O) groups is 2. The predicted molar refractivity (Wildman–Crippen MR) is 69.4 cm³/mol. The summed E-state index contributed by atoms with van der Waals surface area (Å²) in [5.41, 5.74) is 0.465. The summed E-state index contributed by atoms with van der Waals surface area (Å²) < 4.78 is 12.8. The minimum atomic E-state index is -0.397. The van der Waals surface area contributed by atoms with Crippen molar-refractivity contribution in [2.24, 2.45) is 0 Å². The van der Waals surface area contributed by atoms with Gasteiger partial charge in [0, 0.05) is 18.7 Å². The van der Waals surface area contributed by atoms with Crippen LogP contribution in [-0.2, 0) is 4.79 Å². The van der Waals surface area contributed by atoms with Crippen molar-refractivity contribution in [2.45, 2.75) is 25.9 Å². The summed E-state index contributed by atoms with van der Waals surface area (Å²) in [6.07, 6.45) is 0. The molecule has 0 bridgehead atoms. The number of piperazine rings is 1. The Morgan fingerprint density at radius 3 is 2.68 bits per heavy atom. The highest BCUT2D eigenvalue weighted by atomic mass is 19.1. The zero-order chi connectivity index (χ0) is 14.0. The molecule has 102 valence electrons. The van der Waals surface area contributed by atoms with Gasteiger partial charge in [-0.1, -0.05) is 0 Å². The minimum absolute atomic E-state index is 0.0648. The Hall–Kier alpha value is -1.75. The van der Waals surface area contributed by atoms with Gasteiger partial charge >= 0.3 is 0 Å². The number of hydrogen-bond acceptors (Lipinski definition) is 3. The van der Waals surface area contributed by atoms with Crippen LogP contribution in [-0.4, -0.2) is 41.8 Å². The number of rotatable bonds is 3. The first-order chi connectivity index (χ1) is 9.00. The topological polar surface area (TPSA) is 49.4 Å². The van der Waals surface area contributed by atoms with E-state index < -0.39 is 6.04 Å². The first kappa shape index (κ1) is 13.7. The number of amides is 1. The van der Waals surface area contributed by atoms with Gasteiger partial charge in [-0.25, -0.2) is 4.39 Å². The van der Waals surface area contributed by atoms with E-state index >= 15 is 0 Å². The fourth-order valence-electron chi connectivity index (χ4n) is 2.34. The van der Waals surface area contributed by atoms with Crippen molar-refractivity contribution in [2.75, 3.05) is 13.1 Å². The van der Waals surface area contributed by atoms with E-state index in [4.69, 9.17) is 0 Å². The second-order valence-electron chi connectivity index (χ2n) is 4.75. The minimum Gasteiger partial charge on any atom is -0.353 e. The van der Waals surface area contributed by atoms with Crippen LogP contribution in [0.3, 0.4) is 0 Å². The molecule has 2 atom stereocenters. The highest BCUT2D eigenvalue weighted by molar-refractivity contribution is 6.00. The number of hydrogen-bond donors (Lipinski definition) is 1. The van der Waals surface area contributed by atoms with E-state index in [1.165, 1.54) is 24.3 Å². The third-order valence-corrected chi connectivity index (χ3v) is 3.55. The van der Waals surface area contributed by atoms with Crippen molar-refractivity contribution in [1.29, 1.82) is 0 Å². The third-order valence-electron chi connectivity index (χ3n) is 3.55. The SMILES string of the molecule is CC1C(=O)NCCN1C(C)C(=O)c1ccc(F)cc1. The van der Waals surface area contributed by atoms with E-state index in [0.717, 1.165) is 0 Å². The van der Waals surface area contributed by atoms with Gasteiger partial charge < -0.3 is 5.32 Å². The molecule has 1 aliphatic rings. The molecule has 1 aliphatic heterocycles. The van der Waals surface area contributed by atoms with Crippen LogP contribution in [0.25, 0.3) is 0 Å². The van der Waals surface area contributed by atoms with E-state index in [1.807, 2.05) is 4.90 Å². The van der Waals surface area contributed by atoms with Crippen molar-refractivity contribution in [3.8, 4) is 0 Å². The Balaban J connectivity index is 2.14. The number of Topliss-reactive ketones (excluding diaryl/α,β-unsaturated/α-hetero) is 1. The van der Waals surface area contributed by atoms with Crippen LogP contribution in [0, 0.1) is 5.82 Å². The van der Waals surface area contributed by atoms with Gasteiger partial charge in [0.1, 0.15) is 5.82 Å². The molecule has 19 heavy (non-hydrogen) atoms. The van der Waals surface area contributed by atoms with Gasteiger partial charge in [-0.3, -0.25) is 14.5 Å². The summed E-state index contributed by atoms with van der Waals surface area (Å²) in [6, 6.07) is 4.77. The average Bonchev–Trinajstić information content (AvgIpc) is 2.41. The van der Waals surface area contributed by atoms with Gasteiger partial charge in [-0.15, -0.1) is 0 Å². The lowest BCUT2D eigenvalue weighted by Gasteiger charge is -2.36. The van der Waals surface area contributed by atoms with Gasteiger partial charge in [-0.2, -0.15) is 0 Å². The van der Waals surface area contributed by atoms with E-state index in [0.29, 0.717) is 18.7 Å². The standard InChI is InChI=1S/C14H17FN2O2/c1-9(17-8-7-16-14(19)10(17)2)13(18)11-3-5-12(15)6-4-11/h3-6,9-10H,7-8H2,1-2H3,(H,16,19). The van der Waals surface area contributed by atoms with E-state index in [2.05, 4.69) is 5.32 Å². The number of carbonyl (C=O) groups excluding carboxylic acids is 2. The molecule has 1 N–H and O–H groups in total. The molecule has 0 spiro atoms. The molecule has 1 aromatic carbocycles. The first-order valence-corrected chi connectivity index (χ1v) is 6.34. The van der Waals surface area contributed by atoms with Gasteiger partial charge in [0.2, 0.25) is 5.91 Å². The Kier molecular flexibility index (Phi) is 3.95. The van der Waals surface area contributed by atoms with Gasteiger partial charge in [0.05, 0.1) is 12.1 Å². The molecule has 2 rings (SSSR count). The fraction of sp³-hybridized carbons (Fsp3) is 0.429. The molecule has 1 heterocycles. The molecule has 2 unspecified atom stereocenters. The summed E-state index contributed by atoms with van der Waals surface area (Å²) in [5, 5.41) is 2.76. The van der Waals surface area contributed by atoms with Crippen LogP contribution in [0.1, 0.15) is 24.2 Å². The van der Waals surface area contributed by atoms with Crippen LogP contribution in [0.2, 0.25) is 0 Å². The molecular formula is C14H17FN2O2. The molecule has 1 saturated heterocycles. The second-order valence-corrected chi connectivity index (χ2v) is 4.75. The number of nitrogens with zero attached hydrogens (tertiary/aromatic N) is 1. The van der Waals surface area contributed by atoms with Crippen LogP contribution in [0.5, 0.6) is 0 Å². The van der Waals surface area contributed by atoms with E-state index in [-0.39, 0.29) is 23.5 Å². The first-order valence-electron chi connectivity index (χ1n) is 6.34. The predicted octanol–water partition coefficient (Wildman–Crippen LogP) is 1.22. The summed E-state index contributed by atoms with van der Waals surface area (Å²) in [7, 11) is 0. The molecule has 5 heteroatoms. The number of halogens is 1. The van der Waals surface area contributed by atoms with Crippen LogP contribution < -0.4 is 5.32 Å². The molecule has 0 radical (unpaired) electrons. The zero-order valence-electron chi connectivity index (χ0n) is 11.0. The summed E-state index contributed by atoms with van der Waals surface area (Å²) in [5.74, 6) is -0.526. The fourth-order valence-corrected chi connectivity index (χ4v) is 2.34. The summed E-state index contributed by atoms with van der Waals surface area (Å²) in [4.78, 5) is 25.8. The van der Waals surface area contributed by atoms with Crippen molar-refractivity contribution in [3.05, 3.63) is 35.6 Å². The van der Waals surface area contributed by atoms with Crippen molar-refractivity contribution in [1.82, 2.24) is 10.2 Å². The largest absolute Gasteiger partial charge is 0.353 e. The Bertz CT molecular complexity index is 487. The Labute approximate surface area is 111 Å². The molecule has 1 fully saturated rings. The van der Waals surface area contributed by atoms with Crippen LogP contribution in [0.15, 0.2) is 24.3 Å². The monoisotopic (exact) mass is 264 g/mol. The maximum Gasteiger partial charge on any atom is 0.237 e. The van der Waals surface area contributed by atoms with Crippen molar-refractivity contribution in [3.63, 3.8) is 0 Å². The summed E-state index contributed by atoms with van der Waals surface area (Å²) >= 11 is 0. The lowest BCUT2D eigenvalue weighted by Crippen LogP contribution is -2.58. The van der Waals surface area contributed by atoms with E-state index in [9.17, 15) is 14.0 Å². The van der Waals surface area contributed by atoms with Crippen LogP contribution >= 0.6 is 0 Å². The van der Waals surface area contributed by atoms with Crippen molar-refractivity contribution >= 4 is 11.7 Å². The van der Waals surface area contributed by atoms with Gasteiger partial charge in [-0.05, 0) is 38.1 Å². The molecular weight excluding hydrogens is 247 g/mol. The maximum absolute atomic E-state index is 12.8. The highest BCUT2D eigenvalue weighted by Crippen LogP contribution is 2.14. The summed E-state index contributed by atoms with van der Waals surface area (Å²) in [6.45, 7) is 4.74. The Morgan fingerprint density at radius 1 is 1.42 bits per heavy atom. The Morgan fingerprint density at radius 2 is 2.05 bits per heavy atom. The lowest BCUT2D eigenvalue weighted by molar-refractivity contribution is -0.128. The molecule has 4 nitrogen and oxygen atoms in total. The van der Waals surface area contributed by atoms with Crippen molar-refractivity contribution < 1.29 is 14.0 Å². The number of nitrogens with one attached hydrogen (secondary N) is 1. The number of benzene rings is 1. The average molecular weight is 264 g/mol. The molecule has 1 amide bonds. The van der Waals surface area contributed by atoms with Crippen LogP contribution in [0.4, 0.5) is 4.39 Å². The normalized spacial score (nSPS) is 21.8. The molecule has 0 aliphatic carbocycles. The highest BCUT2D eigenvalue weighted by Gasteiger charge is 2.32. The quantitative estimate of drug-likeness (QED) is 0.835. The second kappa shape index (κ2) is 5.48. The molecule has 1 aromatic rings. The number of ketones is 1. The third kappa shape index (κ3) is 2.81. The molecule has 0 saturated carbocycles. The smallest absolute Gasteiger partial charge is 0.237 e. The van der Waals surface area contributed by atoms with Gasteiger partial charge in [0.15, 0.2) is 5.78 Å². The lowest BCUT2D eigenvalue weighted by atomic mass is 10.0. The zero-order valence-corrected chi connectivity index (χ0v) is 11.0. The van der Waals surface area contributed by atoms with Gasteiger partial charge in [0.25, 0.3) is 0 Å². The molecule has 0 aromatic heterocycles.